The average Bonchev–Trinajstić information content (AvgIpc) is 2.48. The van der Waals surface area contributed by atoms with Gasteiger partial charge in [0.05, 0.1) is 5.92 Å². The summed E-state index contributed by atoms with van der Waals surface area (Å²) in [6, 6.07) is 10.8. The lowest BCUT2D eigenvalue weighted by molar-refractivity contribution is -0.127. The summed E-state index contributed by atoms with van der Waals surface area (Å²) in [5, 5.41) is 3.12. The molecule has 1 heterocycles. The third kappa shape index (κ3) is 4.34. The van der Waals surface area contributed by atoms with E-state index in [1.54, 1.807) is 0 Å². The third-order valence-electron chi connectivity index (χ3n) is 4.13. The molecule has 0 aromatic heterocycles. The molecule has 1 N–H and O–H groups in total. The first-order valence-corrected chi connectivity index (χ1v) is 7.75. The molecule has 3 heteroatoms. The van der Waals surface area contributed by atoms with E-state index in [9.17, 15) is 4.79 Å². The van der Waals surface area contributed by atoms with Crippen molar-refractivity contribution in [2.75, 3.05) is 13.1 Å². The highest BCUT2D eigenvalue weighted by molar-refractivity contribution is 5.79. The Bertz CT molecular complexity index is 418. The fourth-order valence-electron chi connectivity index (χ4n) is 2.72. The predicted molar refractivity (Wildman–Crippen MR) is 82.3 cm³/mol. The van der Waals surface area contributed by atoms with E-state index in [2.05, 4.69) is 48.3 Å². The molecule has 2 rings (SSSR count). The van der Waals surface area contributed by atoms with E-state index in [4.69, 9.17) is 0 Å². The van der Waals surface area contributed by atoms with Gasteiger partial charge in [-0.25, -0.2) is 0 Å². The lowest BCUT2D eigenvalue weighted by Gasteiger charge is -2.32. The van der Waals surface area contributed by atoms with Crippen LogP contribution < -0.4 is 5.32 Å². The molecule has 20 heavy (non-hydrogen) atoms. The maximum absolute atomic E-state index is 12.2. The fourth-order valence-corrected chi connectivity index (χ4v) is 2.72. The van der Waals surface area contributed by atoms with Crippen LogP contribution in [0.2, 0.25) is 0 Å². The van der Waals surface area contributed by atoms with Gasteiger partial charge in [-0.3, -0.25) is 9.69 Å². The van der Waals surface area contributed by atoms with E-state index >= 15 is 0 Å². The van der Waals surface area contributed by atoms with Crippen LogP contribution in [-0.4, -0.2) is 29.9 Å². The van der Waals surface area contributed by atoms with Gasteiger partial charge in [0, 0.05) is 19.1 Å². The Kier molecular flexibility index (Phi) is 5.60. The molecule has 1 aliphatic rings. The van der Waals surface area contributed by atoms with Gasteiger partial charge in [0.2, 0.25) is 5.91 Å². The Hall–Kier alpha value is -1.35. The molecule has 0 unspecified atom stereocenters. The minimum Gasteiger partial charge on any atom is -0.353 e. The van der Waals surface area contributed by atoms with Crippen LogP contribution in [0.4, 0.5) is 0 Å². The molecule has 0 saturated carbocycles. The average molecular weight is 274 g/mol. The second-order valence-corrected chi connectivity index (χ2v) is 5.88. The van der Waals surface area contributed by atoms with Crippen molar-refractivity contribution in [3.05, 3.63) is 35.9 Å². The predicted octanol–water partition coefficient (Wildman–Crippen LogP) is 2.81. The fraction of sp³-hybridized carbons (Fsp3) is 0.588. The summed E-state index contributed by atoms with van der Waals surface area (Å²) in [4.78, 5) is 14.6. The molecule has 3 nitrogen and oxygen atoms in total. The molecule has 1 aromatic carbocycles. The van der Waals surface area contributed by atoms with Crippen LogP contribution >= 0.6 is 0 Å². The van der Waals surface area contributed by atoms with E-state index < -0.39 is 0 Å². The van der Waals surface area contributed by atoms with Gasteiger partial charge >= 0.3 is 0 Å². The molecule has 0 spiro atoms. The Morgan fingerprint density at radius 2 is 2.15 bits per heavy atom. The SMILES string of the molecule is CC[C@@H](C)NC(=O)[C@@H]1CCCN(Cc2ccccc2)C1. The van der Waals surface area contributed by atoms with Crippen LogP contribution in [0.1, 0.15) is 38.7 Å². The number of hydrogen-bond acceptors (Lipinski definition) is 2. The highest BCUT2D eigenvalue weighted by Crippen LogP contribution is 2.19. The van der Waals surface area contributed by atoms with Crippen molar-refractivity contribution < 1.29 is 4.79 Å². The summed E-state index contributed by atoms with van der Waals surface area (Å²) in [5.41, 5.74) is 1.33. The van der Waals surface area contributed by atoms with Gasteiger partial charge in [-0.2, -0.15) is 0 Å². The van der Waals surface area contributed by atoms with Crippen LogP contribution in [0.5, 0.6) is 0 Å². The Balaban J connectivity index is 1.87. The van der Waals surface area contributed by atoms with Gasteiger partial charge in [-0.1, -0.05) is 37.3 Å². The molecule has 110 valence electrons. The minimum absolute atomic E-state index is 0.154. The maximum Gasteiger partial charge on any atom is 0.224 e. The number of carbonyl (C=O) groups excluding carboxylic acids is 1. The van der Waals surface area contributed by atoms with Crippen molar-refractivity contribution in [2.24, 2.45) is 5.92 Å². The van der Waals surface area contributed by atoms with Gasteiger partial charge < -0.3 is 5.32 Å². The van der Waals surface area contributed by atoms with Gasteiger partial charge in [0.15, 0.2) is 0 Å². The molecule has 1 fully saturated rings. The first-order valence-electron chi connectivity index (χ1n) is 7.75. The number of benzene rings is 1. The molecule has 2 atom stereocenters. The number of carbonyl (C=O) groups is 1. The number of hydrogen-bond donors (Lipinski definition) is 1. The van der Waals surface area contributed by atoms with E-state index in [0.29, 0.717) is 0 Å². The van der Waals surface area contributed by atoms with Crippen LogP contribution in [0, 0.1) is 5.92 Å². The highest BCUT2D eigenvalue weighted by atomic mass is 16.2. The quantitative estimate of drug-likeness (QED) is 0.895. The van der Waals surface area contributed by atoms with E-state index in [-0.39, 0.29) is 17.9 Å². The van der Waals surface area contributed by atoms with Gasteiger partial charge in [-0.05, 0) is 38.3 Å². The van der Waals surface area contributed by atoms with Crippen molar-refractivity contribution in [3.8, 4) is 0 Å². The van der Waals surface area contributed by atoms with E-state index in [0.717, 1.165) is 38.9 Å². The number of nitrogens with zero attached hydrogens (tertiary/aromatic N) is 1. The number of rotatable bonds is 5. The van der Waals surface area contributed by atoms with Crippen molar-refractivity contribution in [1.29, 1.82) is 0 Å². The number of piperidine rings is 1. The second kappa shape index (κ2) is 7.44. The lowest BCUT2D eigenvalue weighted by atomic mass is 9.96. The van der Waals surface area contributed by atoms with Crippen molar-refractivity contribution in [2.45, 2.75) is 45.7 Å². The summed E-state index contributed by atoms with van der Waals surface area (Å²) in [5.74, 6) is 0.388. The van der Waals surface area contributed by atoms with E-state index in [1.165, 1.54) is 5.56 Å². The molecular formula is C17H26N2O. The molecule has 1 aliphatic heterocycles. The first-order chi connectivity index (χ1) is 9.69. The summed E-state index contributed by atoms with van der Waals surface area (Å²) < 4.78 is 0. The third-order valence-corrected chi connectivity index (χ3v) is 4.13. The van der Waals surface area contributed by atoms with Crippen molar-refractivity contribution in [1.82, 2.24) is 10.2 Å². The van der Waals surface area contributed by atoms with Crippen LogP contribution in [0.25, 0.3) is 0 Å². The topological polar surface area (TPSA) is 32.3 Å². The number of amides is 1. The Labute approximate surface area is 122 Å². The Morgan fingerprint density at radius 1 is 1.40 bits per heavy atom. The number of nitrogens with one attached hydrogen (secondary N) is 1. The van der Waals surface area contributed by atoms with Crippen molar-refractivity contribution >= 4 is 5.91 Å². The molecule has 1 saturated heterocycles. The second-order valence-electron chi connectivity index (χ2n) is 5.88. The van der Waals surface area contributed by atoms with Crippen molar-refractivity contribution in [3.63, 3.8) is 0 Å². The van der Waals surface area contributed by atoms with Crippen LogP contribution in [-0.2, 0) is 11.3 Å². The number of likely N-dealkylation sites (tertiary alicyclic amines) is 1. The van der Waals surface area contributed by atoms with Crippen LogP contribution in [0.15, 0.2) is 30.3 Å². The van der Waals surface area contributed by atoms with E-state index in [1.807, 2.05) is 6.07 Å². The van der Waals surface area contributed by atoms with Crippen LogP contribution in [0.3, 0.4) is 0 Å². The molecule has 1 aromatic rings. The summed E-state index contributed by atoms with van der Waals surface area (Å²) in [6.45, 7) is 7.11. The monoisotopic (exact) mass is 274 g/mol. The zero-order valence-corrected chi connectivity index (χ0v) is 12.6. The standard InChI is InChI=1S/C17H26N2O/c1-3-14(2)18-17(20)16-10-7-11-19(13-16)12-15-8-5-4-6-9-15/h4-6,8-9,14,16H,3,7,10-13H2,1-2H3,(H,18,20)/t14-,16-/m1/s1. The molecule has 0 radical (unpaired) electrons. The van der Waals surface area contributed by atoms with Gasteiger partial charge in [-0.15, -0.1) is 0 Å². The molecule has 1 amide bonds. The first kappa shape index (κ1) is 15.0. The Morgan fingerprint density at radius 3 is 2.85 bits per heavy atom. The summed E-state index contributed by atoms with van der Waals surface area (Å²) in [7, 11) is 0. The zero-order chi connectivity index (χ0) is 14.4. The normalized spacial score (nSPS) is 21.4. The molecule has 0 bridgehead atoms. The maximum atomic E-state index is 12.2. The molecular weight excluding hydrogens is 248 g/mol. The highest BCUT2D eigenvalue weighted by Gasteiger charge is 2.26. The van der Waals surface area contributed by atoms with Gasteiger partial charge in [0.1, 0.15) is 0 Å². The minimum atomic E-state index is 0.154. The zero-order valence-electron chi connectivity index (χ0n) is 12.6. The lowest BCUT2D eigenvalue weighted by Crippen LogP contribution is -2.44. The summed E-state index contributed by atoms with van der Waals surface area (Å²) >= 11 is 0. The smallest absolute Gasteiger partial charge is 0.224 e. The summed E-state index contributed by atoms with van der Waals surface area (Å²) in [6.07, 6.45) is 3.13. The molecule has 0 aliphatic carbocycles. The van der Waals surface area contributed by atoms with Gasteiger partial charge in [0.25, 0.3) is 0 Å². The largest absolute Gasteiger partial charge is 0.353 e.